The van der Waals surface area contributed by atoms with E-state index in [1.165, 1.54) is 0 Å². The van der Waals surface area contributed by atoms with Gasteiger partial charge in [0.05, 0.1) is 16.3 Å². The number of hydrogen-bond donors (Lipinski definition) is 1. The maximum atomic E-state index is 12.8. The lowest BCUT2D eigenvalue weighted by molar-refractivity contribution is 0.102. The van der Waals surface area contributed by atoms with Gasteiger partial charge in [0.15, 0.2) is 0 Å². The predicted molar refractivity (Wildman–Crippen MR) is 112 cm³/mol. The number of nitrogens with zero attached hydrogens (tertiary/aromatic N) is 2. The Morgan fingerprint density at radius 3 is 2.69 bits per heavy atom. The van der Waals surface area contributed by atoms with Crippen molar-refractivity contribution in [1.82, 2.24) is 4.57 Å². The van der Waals surface area contributed by atoms with Crippen molar-refractivity contribution in [2.45, 2.75) is 0 Å². The van der Waals surface area contributed by atoms with Crippen molar-refractivity contribution >= 4 is 51.5 Å². The molecule has 2 aromatic carbocycles. The van der Waals surface area contributed by atoms with Crippen molar-refractivity contribution in [2.75, 3.05) is 34.8 Å². The highest BCUT2D eigenvalue weighted by molar-refractivity contribution is 7.99. The van der Waals surface area contributed by atoms with Crippen LogP contribution in [0.5, 0.6) is 0 Å². The normalized spacial score (nSPS) is 14.6. The Bertz CT molecular complexity index is 963. The summed E-state index contributed by atoms with van der Waals surface area (Å²) in [4.78, 5) is 15.1. The number of carbonyl (C=O) groups excluding carboxylic acids is 1. The molecule has 0 spiro atoms. The molecule has 134 valence electrons. The Balaban J connectivity index is 1.56. The van der Waals surface area contributed by atoms with Crippen LogP contribution in [-0.4, -0.2) is 35.1 Å². The molecule has 0 saturated carbocycles. The Hall–Kier alpha value is -2.11. The van der Waals surface area contributed by atoms with Gasteiger partial charge in [-0.2, -0.15) is 11.8 Å². The fourth-order valence-corrected chi connectivity index (χ4v) is 4.57. The van der Waals surface area contributed by atoms with Gasteiger partial charge in [-0.15, -0.1) is 0 Å². The molecular weight excluding hydrogens is 366 g/mol. The zero-order chi connectivity index (χ0) is 18.1. The third kappa shape index (κ3) is 3.29. The second-order valence-corrected chi connectivity index (χ2v) is 8.02. The van der Waals surface area contributed by atoms with Gasteiger partial charge in [0.25, 0.3) is 5.91 Å². The standard InChI is InChI=1S/C20H20ClN3OS/c1-23-13-16(15-4-2-3-5-18(15)23)20(25)22-14-6-7-19(17(21)12-14)24-8-10-26-11-9-24/h2-7,12-13H,8-11H2,1H3,(H,22,25). The van der Waals surface area contributed by atoms with Gasteiger partial charge in [0.2, 0.25) is 0 Å². The van der Waals surface area contributed by atoms with E-state index in [4.69, 9.17) is 11.6 Å². The number of halogens is 1. The molecule has 1 fully saturated rings. The maximum Gasteiger partial charge on any atom is 0.257 e. The lowest BCUT2D eigenvalue weighted by Gasteiger charge is -2.29. The van der Waals surface area contributed by atoms with E-state index >= 15 is 0 Å². The topological polar surface area (TPSA) is 37.3 Å². The van der Waals surface area contributed by atoms with Gasteiger partial charge in [-0.3, -0.25) is 4.79 Å². The van der Waals surface area contributed by atoms with Crippen LogP contribution < -0.4 is 10.2 Å². The number of hydrogen-bond acceptors (Lipinski definition) is 3. The summed E-state index contributed by atoms with van der Waals surface area (Å²) in [7, 11) is 1.95. The van der Waals surface area contributed by atoms with Crippen molar-refractivity contribution in [2.24, 2.45) is 7.05 Å². The number of benzene rings is 2. The fourth-order valence-electron chi connectivity index (χ4n) is 3.37. The number of amides is 1. The molecule has 0 bridgehead atoms. The van der Waals surface area contributed by atoms with Crippen LogP contribution in [0.3, 0.4) is 0 Å². The Labute approximate surface area is 162 Å². The van der Waals surface area contributed by atoms with E-state index in [9.17, 15) is 4.79 Å². The maximum absolute atomic E-state index is 12.8. The minimum atomic E-state index is -0.125. The van der Waals surface area contributed by atoms with Crippen molar-refractivity contribution in [1.29, 1.82) is 0 Å². The minimum Gasteiger partial charge on any atom is -0.369 e. The summed E-state index contributed by atoms with van der Waals surface area (Å²) >= 11 is 8.45. The van der Waals surface area contributed by atoms with E-state index < -0.39 is 0 Å². The summed E-state index contributed by atoms with van der Waals surface area (Å²) in [5.74, 6) is 2.12. The van der Waals surface area contributed by atoms with Crippen LogP contribution in [0.1, 0.15) is 10.4 Å². The van der Waals surface area contributed by atoms with Crippen LogP contribution in [0.4, 0.5) is 11.4 Å². The van der Waals surface area contributed by atoms with Gasteiger partial charge < -0.3 is 14.8 Å². The molecule has 1 saturated heterocycles. The van der Waals surface area contributed by atoms with Crippen molar-refractivity contribution in [3.8, 4) is 0 Å². The summed E-state index contributed by atoms with van der Waals surface area (Å²) in [5.41, 5.74) is 3.45. The number of fused-ring (bicyclic) bond motifs is 1. The van der Waals surface area contributed by atoms with Gasteiger partial charge in [-0.05, 0) is 24.3 Å². The highest BCUT2D eigenvalue weighted by Gasteiger charge is 2.17. The van der Waals surface area contributed by atoms with E-state index in [0.29, 0.717) is 16.3 Å². The van der Waals surface area contributed by atoms with Crippen molar-refractivity contribution in [3.63, 3.8) is 0 Å². The highest BCUT2D eigenvalue weighted by Crippen LogP contribution is 2.31. The molecule has 2 heterocycles. The molecule has 0 aliphatic carbocycles. The number of aromatic nitrogens is 1. The monoisotopic (exact) mass is 385 g/mol. The average molecular weight is 386 g/mol. The number of carbonyl (C=O) groups is 1. The molecule has 1 amide bonds. The van der Waals surface area contributed by atoms with Gasteiger partial charge >= 0.3 is 0 Å². The molecule has 1 N–H and O–H groups in total. The zero-order valence-electron chi connectivity index (χ0n) is 14.5. The van der Waals surface area contributed by atoms with Crippen LogP contribution in [0, 0.1) is 0 Å². The lowest BCUT2D eigenvalue weighted by Crippen LogP contribution is -2.32. The SMILES string of the molecule is Cn1cc(C(=O)Nc2ccc(N3CCSCC3)c(Cl)c2)c2ccccc21. The third-order valence-electron chi connectivity index (χ3n) is 4.70. The number of anilines is 2. The molecule has 1 aromatic heterocycles. The summed E-state index contributed by atoms with van der Waals surface area (Å²) in [6, 6.07) is 13.7. The molecule has 6 heteroatoms. The number of para-hydroxylation sites is 1. The first-order valence-corrected chi connectivity index (χ1v) is 10.1. The van der Waals surface area contributed by atoms with Crippen LogP contribution in [-0.2, 0) is 7.05 Å². The zero-order valence-corrected chi connectivity index (χ0v) is 16.1. The van der Waals surface area contributed by atoms with Gasteiger partial charge in [-0.25, -0.2) is 0 Å². The number of rotatable bonds is 3. The van der Waals surface area contributed by atoms with Crippen LogP contribution in [0.25, 0.3) is 10.9 Å². The first-order valence-electron chi connectivity index (χ1n) is 8.61. The Kier molecular flexibility index (Phi) is 4.83. The van der Waals surface area contributed by atoms with Crippen LogP contribution in [0.15, 0.2) is 48.7 Å². The summed E-state index contributed by atoms with van der Waals surface area (Å²) < 4.78 is 1.97. The second kappa shape index (κ2) is 7.25. The molecular formula is C20H20ClN3OS. The number of nitrogens with one attached hydrogen (secondary N) is 1. The fraction of sp³-hybridized carbons (Fsp3) is 0.250. The average Bonchev–Trinajstić information content (AvgIpc) is 3.00. The molecule has 0 unspecified atom stereocenters. The molecule has 1 aliphatic heterocycles. The van der Waals surface area contributed by atoms with Crippen LogP contribution >= 0.6 is 23.4 Å². The van der Waals surface area contributed by atoms with E-state index in [2.05, 4.69) is 10.2 Å². The molecule has 1 aliphatic rings. The number of aryl methyl sites for hydroxylation is 1. The van der Waals surface area contributed by atoms with Crippen LogP contribution in [0.2, 0.25) is 5.02 Å². The molecule has 4 rings (SSSR count). The minimum absolute atomic E-state index is 0.125. The van der Waals surface area contributed by atoms with Crippen molar-refractivity contribution < 1.29 is 4.79 Å². The van der Waals surface area contributed by atoms with Gasteiger partial charge in [0, 0.05) is 54.4 Å². The first kappa shape index (κ1) is 17.3. The van der Waals surface area contributed by atoms with E-state index in [1.54, 1.807) is 0 Å². The van der Waals surface area contributed by atoms with Gasteiger partial charge in [-0.1, -0.05) is 29.8 Å². The smallest absolute Gasteiger partial charge is 0.257 e. The molecule has 4 nitrogen and oxygen atoms in total. The van der Waals surface area contributed by atoms with E-state index in [1.807, 2.05) is 72.0 Å². The first-order chi connectivity index (χ1) is 12.6. The molecule has 0 radical (unpaired) electrons. The molecule has 0 atom stereocenters. The lowest BCUT2D eigenvalue weighted by atomic mass is 10.1. The summed E-state index contributed by atoms with van der Waals surface area (Å²) in [6.45, 7) is 2.01. The summed E-state index contributed by atoms with van der Waals surface area (Å²) in [5, 5.41) is 4.59. The summed E-state index contributed by atoms with van der Waals surface area (Å²) in [6.07, 6.45) is 1.86. The van der Waals surface area contributed by atoms with E-state index in [-0.39, 0.29) is 5.91 Å². The highest BCUT2D eigenvalue weighted by atomic mass is 35.5. The Morgan fingerprint density at radius 1 is 1.15 bits per heavy atom. The largest absolute Gasteiger partial charge is 0.369 e. The quantitative estimate of drug-likeness (QED) is 0.713. The second-order valence-electron chi connectivity index (χ2n) is 6.39. The number of thioether (sulfide) groups is 1. The van der Waals surface area contributed by atoms with E-state index in [0.717, 1.165) is 41.2 Å². The molecule has 3 aromatic rings. The van der Waals surface area contributed by atoms with Crippen molar-refractivity contribution in [3.05, 3.63) is 59.2 Å². The third-order valence-corrected chi connectivity index (χ3v) is 5.94. The predicted octanol–water partition coefficient (Wildman–Crippen LogP) is 4.64. The molecule has 26 heavy (non-hydrogen) atoms. The Morgan fingerprint density at radius 2 is 1.92 bits per heavy atom. The van der Waals surface area contributed by atoms with Gasteiger partial charge in [0.1, 0.15) is 0 Å².